The maximum absolute atomic E-state index is 11.8. The number of hydrogen-bond acceptors (Lipinski definition) is 3. The number of carbonyl (C=O) groups excluding carboxylic acids is 1. The summed E-state index contributed by atoms with van der Waals surface area (Å²) in [6, 6.07) is 13.7. The van der Waals surface area contributed by atoms with Gasteiger partial charge in [-0.05, 0) is 12.1 Å². The Balaban J connectivity index is 2.46. The summed E-state index contributed by atoms with van der Waals surface area (Å²) in [6.07, 6.45) is 0. The average molecular weight is 267 g/mol. The van der Waals surface area contributed by atoms with E-state index in [1.165, 1.54) is 0 Å². The third kappa shape index (κ3) is 2.57. The summed E-state index contributed by atoms with van der Waals surface area (Å²) >= 11 is 0. The highest BCUT2D eigenvalue weighted by atomic mass is 16.2. The van der Waals surface area contributed by atoms with Crippen molar-refractivity contribution < 1.29 is 4.79 Å². The van der Waals surface area contributed by atoms with Gasteiger partial charge in [-0.25, -0.2) is 0 Å². The van der Waals surface area contributed by atoms with Gasteiger partial charge in [0.15, 0.2) is 0 Å². The normalized spacial score (nSPS) is 10.1. The molecule has 0 atom stereocenters. The van der Waals surface area contributed by atoms with E-state index < -0.39 is 0 Å². The Kier molecular flexibility index (Phi) is 3.90. The number of anilines is 1. The summed E-state index contributed by atoms with van der Waals surface area (Å²) in [7, 11) is 5.37. The molecule has 1 amide bonds. The second kappa shape index (κ2) is 5.62. The van der Waals surface area contributed by atoms with Gasteiger partial charge in [-0.2, -0.15) is 5.26 Å². The molecule has 0 aliphatic rings. The molecule has 20 heavy (non-hydrogen) atoms. The number of nitriles is 1. The molecule has 0 aliphatic carbocycles. The van der Waals surface area contributed by atoms with E-state index >= 15 is 0 Å². The van der Waals surface area contributed by atoms with Crippen molar-refractivity contribution in [2.45, 2.75) is 0 Å². The summed E-state index contributed by atoms with van der Waals surface area (Å²) in [6.45, 7) is 0.308. The Morgan fingerprint density at radius 2 is 1.75 bits per heavy atom. The van der Waals surface area contributed by atoms with Gasteiger partial charge >= 0.3 is 0 Å². The first-order chi connectivity index (χ1) is 9.54. The summed E-state index contributed by atoms with van der Waals surface area (Å²) < 4.78 is 0. The molecule has 0 bridgehead atoms. The molecule has 102 valence electrons. The number of benzene rings is 2. The SMILES string of the molecule is CN(C)C(=O)CN(C)c1ccc(C#N)c2ccccc12. The van der Waals surface area contributed by atoms with Crippen LogP contribution in [0.5, 0.6) is 0 Å². The smallest absolute Gasteiger partial charge is 0.241 e. The molecule has 0 saturated heterocycles. The molecule has 4 heteroatoms. The van der Waals surface area contributed by atoms with Gasteiger partial charge in [-0.1, -0.05) is 24.3 Å². The topological polar surface area (TPSA) is 47.3 Å². The zero-order valence-electron chi connectivity index (χ0n) is 11.9. The third-order valence-corrected chi connectivity index (χ3v) is 3.30. The minimum atomic E-state index is 0.0425. The molecule has 0 aromatic heterocycles. The van der Waals surface area contributed by atoms with Crippen molar-refractivity contribution in [1.82, 2.24) is 4.90 Å². The molecule has 2 aromatic carbocycles. The van der Waals surface area contributed by atoms with Crippen molar-refractivity contribution in [3.05, 3.63) is 42.0 Å². The highest BCUT2D eigenvalue weighted by molar-refractivity contribution is 5.98. The molecule has 2 aromatic rings. The number of fused-ring (bicyclic) bond motifs is 1. The molecule has 0 aliphatic heterocycles. The fourth-order valence-electron chi connectivity index (χ4n) is 2.14. The first kappa shape index (κ1) is 13.9. The lowest BCUT2D eigenvalue weighted by atomic mass is 10.0. The molecule has 4 nitrogen and oxygen atoms in total. The monoisotopic (exact) mass is 267 g/mol. The van der Waals surface area contributed by atoms with Crippen molar-refractivity contribution in [3.8, 4) is 6.07 Å². The predicted octanol–water partition coefficient (Wildman–Crippen LogP) is 2.24. The Morgan fingerprint density at radius 1 is 1.10 bits per heavy atom. The van der Waals surface area contributed by atoms with E-state index in [9.17, 15) is 4.79 Å². The Hall–Kier alpha value is -2.54. The van der Waals surface area contributed by atoms with E-state index in [1.54, 1.807) is 25.1 Å². The number of nitrogens with zero attached hydrogens (tertiary/aromatic N) is 3. The largest absolute Gasteiger partial charge is 0.365 e. The standard InChI is InChI=1S/C16H17N3O/c1-18(2)16(20)11-19(3)15-9-8-12(10-17)13-6-4-5-7-14(13)15/h4-9H,11H2,1-3H3. The second-order valence-corrected chi connectivity index (χ2v) is 4.93. The van der Waals surface area contributed by atoms with Gasteiger partial charge in [0.25, 0.3) is 0 Å². The van der Waals surface area contributed by atoms with Crippen LogP contribution in [0.4, 0.5) is 5.69 Å². The van der Waals surface area contributed by atoms with Crippen molar-refractivity contribution in [2.24, 2.45) is 0 Å². The summed E-state index contributed by atoms with van der Waals surface area (Å²) in [4.78, 5) is 15.3. The van der Waals surface area contributed by atoms with Crippen LogP contribution in [0.15, 0.2) is 36.4 Å². The molecular formula is C16H17N3O. The molecule has 0 spiro atoms. The zero-order valence-corrected chi connectivity index (χ0v) is 11.9. The summed E-state index contributed by atoms with van der Waals surface area (Å²) in [5.74, 6) is 0.0425. The minimum Gasteiger partial charge on any atom is -0.365 e. The van der Waals surface area contributed by atoms with Gasteiger partial charge < -0.3 is 9.80 Å². The van der Waals surface area contributed by atoms with E-state index in [2.05, 4.69) is 6.07 Å². The molecule has 0 N–H and O–H groups in total. The fraction of sp³-hybridized carbons (Fsp3) is 0.250. The van der Waals surface area contributed by atoms with Crippen LogP contribution in [0.25, 0.3) is 10.8 Å². The van der Waals surface area contributed by atoms with Crippen LogP contribution in [-0.4, -0.2) is 38.5 Å². The molecule has 2 rings (SSSR count). The van der Waals surface area contributed by atoms with Crippen molar-refractivity contribution in [2.75, 3.05) is 32.6 Å². The molecule has 0 unspecified atom stereocenters. The van der Waals surface area contributed by atoms with Gasteiger partial charge in [0.1, 0.15) is 0 Å². The number of likely N-dealkylation sites (N-methyl/N-ethyl adjacent to an activating group) is 2. The van der Waals surface area contributed by atoms with Gasteiger partial charge in [0, 0.05) is 37.6 Å². The molecule has 0 fully saturated rings. The van der Waals surface area contributed by atoms with E-state index in [1.807, 2.05) is 42.3 Å². The quantitative estimate of drug-likeness (QED) is 0.856. The lowest BCUT2D eigenvalue weighted by Gasteiger charge is -2.22. The minimum absolute atomic E-state index is 0.0425. The Morgan fingerprint density at radius 3 is 2.35 bits per heavy atom. The zero-order chi connectivity index (χ0) is 14.7. The lowest BCUT2D eigenvalue weighted by Crippen LogP contribution is -2.34. The van der Waals surface area contributed by atoms with Crippen LogP contribution in [0.1, 0.15) is 5.56 Å². The first-order valence-corrected chi connectivity index (χ1v) is 6.37. The van der Waals surface area contributed by atoms with Crippen LogP contribution in [0.3, 0.4) is 0 Å². The van der Waals surface area contributed by atoms with E-state index in [0.717, 1.165) is 16.5 Å². The van der Waals surface area contributed by atoms with Gasteiger partial charge in [0.2, 0.25) is 5.91 Å². The van der Waals surface area contributed by atoms with E-state index in [-0.39, 0.29) is 5.91 Å². The first-order valence-electron chi connectivity index (χ1n) is 6.37. The van der Waals surface area contributed by atoms with Gasteiger partial charge in [-0.3, -0.25) is 4.79 Å². The number of hydrogen-bond donors (Lipinski definition) is 0. The highest BCUT2D eigenvalue weighted by Gasteiger charge is 2.13. The maximum Gasteiger partial charge on any atom is 0.241 e. The molecule has 0 radical (unpaired) electrons. The fourth-order valence-corrected chi connectivity index (χ4v) is 2.14. The van der Waals surface area contributed by atoms with Crippen LogP contribution >= 0.6 is 0 Å². The van der Waals surface area contributed by atoms with Crippen LogP contribution in [-0.2, 0) is 4.79 Å². The summed E-state index contributed by atoms with van der Waals surface area (Å²) in [5, 5.41) is 11.1. The molecule has 0 heterocycles. The van der Waals surface area contributed by atoms with Crippen molar-refractivity contribution >= 4 is 22.4 Å². The van der Waals surface area contributed by atoms with Crippen molar-refractivity contribution in [3.63, 3.8) is 0 Å². The van der Waals surface area contributed by atoms with Crippen LogP contribution in [0, 0.1) is 11.3 Å². The number of amides is 1. The molecular weight excluding hydrogens is 250 g/mol. The second-order valence-electron chi connectivity index (χ2n) is 4.93. The Bertz CT molecular complexity index is 686. The van der Waals surface area contributed by atoms with Crippen molar-refractivity contribution in [1.29, 1.82) is 5.26 Å². The number of carbonyl (C=O) groups is 1. The van der Waals surface area contributed by atoms with Gasteiger partial charge in [-0.15, -0.1) is 0 Å². The Labute approximate surface area is 118 Å². The lowest BCUT2D eigenvalue weighted by molar-refractivity contribution is -0.127. The molecule has 0 saturated carbocycles. The van der Waals surface area contributed by atoms with E-state index in [4.69, 9.17) is 5.26 Å². The predicted molar refractivity (Wildman–Crippen MR) is 80.6 cm³/mol. The van der Waals surface area contributed by atoms with Crippen LogP contribution < -0.4 is 4.90 Å². The van der Waals surface area contributed by atoms with E-state index in [0.29, 0.717) is 12.1 Å². The summed E-state index contributed by atoms with van der Waals surface area (Å²) in [5.41, 5.74) is 1.60. The number of rotatable bonds is 3. The van der Waals surface area contributed by atoms with Gasteiger partial charge in [0.05, 0.1) is 18.2 Å². The third-order valence-electron chi connectivity index (χ3n) is 3.30. The maximum atomic E-state index is 11.8. The van der Waals surface area contributed by atoms with Crippen LogP contribution in [0.2, 0.25) is 0 Å². The average Bonchev–Trinajstić information content (AvgIpc) is 2.45. The highest BCUT2D eigenvalue weighted by Crippen LogP contribution is 2.28.